The first-order valence-corrected chi connectivity index (χ1v) is 3.86. The van der Waals surface area contributed by atoms with Crippen LogP contribution in [-0.4, -0.2) is 5.16 Å². The second-order valence-electron chi connectivity index (χ2n) is 2.80. The van der Waals surface area contributed by atoms with Crippen LogP contribution in [0.4, 0.5) is 0 Å². The molecule has 0 saturated heterocycles. The van der Waals surface area contributed by atoms with Crippen molar-refractivity contribution in [1.29, 1.82) is 0 Å². The zero-order valence-corrected chi connectivity index (χ0v) is 6.87. The van der Waals surface area contributed by atoms with Gasteiger partial charge >= 0.3 is 0 Å². The maximum Gasteiger partial charge on any atom is 0.167 e. The molecule has 1 aromatic heterocycles. The summed E-state index contributed by atoms with van der Waals surface area (Å²) in [5.41, 5.74) is 8.35. The van der Waals surface area contributed by atoms with Crippen LogP contribution >= 0.6 is 0 Å². The van der Waals surface area contributed by atoms with E-state index < -0.39 is 0 Å². The van der Waals surface area contributed by atoms with Crippen molar-refractivity contribution < 1.29 is 4.52 Å². The molecule has 12 heavy (non-hydrogen) atoms. The molecule has 1 heterocycles. The fourth-order valence-electron chi connectivity index (χ4n) is 1.23. The molecule has 62 valence electrons. The number of fused-ring (bicyclic) bond motifs is 1. The molecule has 0 unspecified atom stereocenters. The highest BCUT2D eigenvalue weighted by Gasteiger charge is 2.03. The van der Waals surface area contributed by atoms with Crippen molar-refractivity contribution >= 4 is 11.0 Å². The highest BCUT2D eigenvalue weighted by Crippen LogP contribution is 2.18. The summed E-state index contributed by atoms with van der Waals surface area (Å²) < 4.78 is 5.06. The predicted molar refractivity (Wildman–Crippen MR) is 46.6 cm³/mol. The van der Waals surface area contributed by atoms with E-state index in [1.54, 1.807) is 0 Å². The highest BCUT2D eigenvalue weighted by atomic mass is 16.5. The fraction of sp³-hybridized carbons (Fsp3) is 0.222. The zero-order chi connectivity index (χ0) is 8.55. The first-order valence-electron chi connectivity index (χ1n) is 3.86. The summed E-state index contributed by atoms with van der Waals surface area (Å²) in [6.07, 6.45) is 0. The minimum absolute atomic E-state index is 0.556. The molecule has 0 aliphatic rings. The van der Waals surface area contributed by atoms with Gasteiger partial charge in [-0.15, -0.1) is 0 Å². The van der Waals surface area contributed by atoms with Crippen LogP contribution in [0.2, 0.25) is 0 Å². The Morgan fingerprint density at radius 1 is 1.50 bits per heavy atom. The van der Waals surface area contributed by atoms with Crippen LogP contribution in [0.3, 0.4) is 0 Å². The summed E-state index contributed by atoms with van der Waals surface area (Å²) >= 11 is 0. The molecule has 2 N–H and O–H groups in total. The molecule has 2 aromatic rings. The standard InChI is InChI=1S/C9H10N2O/c1-6-8-4-7(5-10)2-3-9(8)12-11-6/h2-4H,5,10H2,1H3. The average Bonchev–Trinajstić information content (AvgIpc) is 2.47. The van der Waals surface area contributed by atoms with Crippen molar-refractivity contribution in [3.63, 3.8) is 0 Å². The van der Waals surface area contributed by atoms with E-state index in [1.807, 2.05) is 25.1 Å². The SMILES string of the molecule is Cc1noc2ccc(CN)cc12. The smallest absolute Gasteiger partial charge is 0.167 e. The van der Waals surface area contributed by atoms with Crippen LogP contribution in [0.15, 0.2) is 22.7 Å². The Morgan fingerprint density at radius 3 is 3.08 bits per heavy atom. The van der Waals surface area contributed by atoms with Crippen LogP contribution in [0.25, 0.3) is 11.0 Å². The highest BCUT2D eigenvalue weighted by molar-refractivity contribution is 5.79. The van der Waals surface area contributed by atoms with Crippen molar-refractivity contribution in [2.24, 2.45) is 5.73 Å². The van der Waals surface area contributed by atoms with E-state index in [9.17, 15) is 0 Å². The Hall–Kier alpha value is -1.35. The Labute approximate surface area is 70.1 Å². The topological polar surface area (TPSA) is 52.0 Å². The number of hydrogen-bond acceptors (Lipinski definition) is 3. The maximum atomic E-state index is 5.51. The normalized spacial score (nSPS) is 10.8. The molecule has 0 amide bonds. The van der Waals surface area contributed by atoms with E-state index in [4.69, 9.17) is 10.3 Å². The molecule has 0 fully saturated rings. The van der Waals surface area contributed by atoms with Gasteiger partial charge in [0.05, 0.1) is 5.69 Å². The van der Waals surface area contributed by atoms with Gasteiger partial charge in [-0.25, -0.2) is 0 Å². The third-order valence-electron chi connectivity index (χ3n) is 1.95. The van der Waals surface area contributed by atoms with Crippen LogP contribution in [0.1, 0.15) is 11.3 Å². The van der Waals surface area contributed by atoms with Crippen molar-refractivity contribution in [1.82, 2.24) is 5.16 Å². The Bertz CT molecular complexity index is 406. The second-order valence-corrected chi connectivity index (χ2v) is 2.80. The molecule has 0 bridgehead atoms. The molecule has 2 rings (SSSR count). The number of nitrogens with zero attached hydrogens (tertiary/aromatic N) is 1. The van der Waals surface area contributed by atoms with Gasteiger partial charge in [-0.3, -0.25) is 0 Å². The van der Waals surface area contributed by atoms with Gasteiger partial charge in [-0.2, -0.15) is 0 Å². The molecular weight excluding hydrogens is 152 g/mol. The summed E-state index contributed by atoms with van der Waals surface area (Å²) in [6, 6.07) is 5.87. The number of aryl methyl sites for hydroxylation is 1. The van der Waals surface area contributed by atoms with Crippen LogP contribution in [0, 0.1) is 6.92 Å². The van der Waals surface area contributed by atoms with Gasteiger partial charge in [0.15, 0.2) is 5.58 Å². The van der Waals surface area contributed by atoms with Gasteiger partial charge in [0.25, 0.3) is 0 Å². The maximum absolute atomic E-state index is 5.51. The minimum atomic E-state index is 0.556. The van der Waals surface area contributed by atoms with Gasteiger partial charge in [0, 0.05) is 11.9 Å². The first-order chi connectivity index (χ1) is 5.81. The summed E-state index contributed by atoms with van der Waals surface area (Å²) in [5, 5.41) is 4.91. The van der Waals surface area contributed by atoms with Gasteiger partial charge in [-0.05, 0) is 24.6 Å². The number of aromatic nitrogens is 1. The lowest BCUT2D eigenvalue weighted by Gasteiger charge is -1.94. The third-order valence-corrected chi connectivity index (χ3v) is 1.95. The van der Waals surface area contributed by atoms with E-state index >= 15 is 0 Å². The predicted octanol–water partition coefficient (Wildman–Crippen LogP) is 1.59. The van der Waals surface area contributed by atoms with E-state index in [1.165, 1.54) is 0 Å². The molecule has 0 saturated carbocycles. The molecule has 0 aliphatic carbocycles. The Kier molecular flexibility index (Phi) is 1.59. The number of rotatable bonds is 1. The lowest BCUT2D eigenvalue weighted by molar-refractivity contribution is 0.450. The third kappa shape index (κ3) is 0.987. The largest absolute Gasteiger partial charge is 0.356 e. The molecule has 0 atom stereocenters. The van der Waals surface area contributed by atoms with E-state index in [-0.39, 0.29) is 0 Å². The summed E-state index contributed by atoms with van der Waals surface area (Å²) in [5.74, 6) is 0. The number of benzene rings is 1. The monoisotopic (exact) mass is 162 g/mol. The summed E-state index contributed by atoms with van der Waals surface area (Å²) in [7, 11) is 0. The minimum Gasteiger partial charge on any atom is -0.356 e. The first kappa shape index (κ1) is 7.31. The van der Waals surface area contributed by atoms with E-state index in [0.29, 0.717) is 6.54 Å². The van der Waals surface area contributed by atoms with Gasteiger partial charge in [0.1, 0.15) is 0 Å². The lowest BCUT2D eigenvalue weighted by atomic mass is 10.1. The van der Waals surface area contributed by atoms with Crippen LogP contribution in [-0.2, 0) is 6.54 Å². The van der Waals surface area contributed by atoms with Crippen LogP contribution < -0.4 is 5.73 Å². The van der Waals surface area contributed by atoms with Crippen molar-refractivity contribution in [3.05, 3.63) is 29.5 Å². The molecular formula is C9H10N2O. The number of nitrogens with two attached hydrogens (primary N) is 1. The van der Waals surface area contributed by atoms with Gasteiger partial charge < -0.3 is 10.3 Å². The van der Waals surface area contributed by atoms with Crippen LogP contribution in [0.5, 0.6) is 0 Å². The number of hydrogen-bond donors (Lipinski definition) is 1. The average molecular weight is 162 g/mol. The second kappa shape index (κ2) is 2.60. The van der Waals surface area contributed by atoms with Crippen molar-refractivity contribution in [3.8, 4) is 0 Å². The molecule has 0 spiro atoms. The zero-order valence-electron chi connectivity index (χ0n) is 6.87. The van der Waals surface area contributed by atoms with Gasteiger partial charge in [0.2, 0.25) is 0 Å². The van der Waals surface area contributed by atoms with E-state index in [0.717, 1.165) is 22.2 Å². The molecule has 0 aliphatic heterocycles. The quantitative estimate of drug-likeness (QED) is 0.692. The van der Waals surface area contributed by atoms with Crippen molar-refractivity contribution in [2.45, 2.75) is 13.5 Å². The fourth-order valence-corrected chi connectivity index (χ4v) is 1.23. The van der Waals surface area contributed by atoms with Gasteiger partial charge in [-0.1, -0.05) is 11.2 Å². The Morgan fingerprint density at radius 2 is 2.33 bits per heavy atom. The molecule has 0 radical (unpaired) electrons. The van der Waals surface area contributed by atoms with E-state index in [2.05, 4.69) is 5.16 Å². The molecule has 3 nitrogen and oxygen atoms in total. The molecule has 3 heteroatoms. The molecule has 1 aromatic carbocycles. The summed E-state index contributed by atoms with van der Waals surface area (Å²) in [6.45, 7) is 2.48. The summed E-state index contributed by atoms with van der Waals surface area (Å²) in [4.78, 5) is 0. The lowest BCUT2D eigenvalue weighted by Crippen LogP contribution is -1.94. The van der Waals surface area contributed by atoms with Crippen molar-refractivity contribution in [2.75, 3.05) is 0 Å². The Balaban J connectivity index is 2.71.